The molecule has 0 aliphatic heterocycles. The molecule has 0 heterocycles. The number of carboxylic acid groups (broad SMARTS) is 1. The Labute approximate surface area is 114 Å². The van der Waals surface area contributed by atoms with Gasteiger partial charge in [-0.1, -0.05) is 20.3 Å². The Balaban J connectivity index is 1.90. The van der Waals surface area contributed by atoms with Crippen molar-refractivity contribution in [3.8, 4) is 0 Å². The van der Waals surface area contributed by atoms with Crippen LogP contribution >= 0.6 is 0 Å². The summed E-state index contributed by atoms with van der Waals surface area (Å²) in [5.41, 5.74) is 0. The highest BCUT2D eigenvalue weighted by molar-refractivity contribution is 5.81. The van der Waals surface area contributed by atoms with Gasteiger partial charge in [0.05, 0.1) is 0 Å². The Morgan fingerprint density at radius 3 is 2.42 bits per heavy atom. The van der Waals surface area contributed by atoms with Gasteiger partial charge in [0.2, 0.25) is 0 Å². The van der Waals surface area contributed by atoms with E-state index in [1.54, 1.807) is 0 Å². The van der Waals surface area contributed by atoms with Crippen LogP contribution in [0.15, 0.2) is 0 Å². The lowest BCUT2D eigenvalue weighted by atomic mass is 9.93. The molecule has 0 saturated heterocycles. The highest BCUT2D eigenvalue weighted by Gasteiger charge is 2.37. The molecule has 0 radical (unpaired) electrons. The third-order valence-corrected chi connectivity index (χ3v) is 4.61. The Hall–Kier alpha value is -1.26. The number of aliphatic carboxylic acids is 1. The largest absolute Gasteiger partial charge is 0.480 e. The van der Waals surface area contributed by atoms with E-state index in [2.05, 4.69) is 19.2 Å². The molecule has 2 aliphatic rings. The van der Waals surface area contributed by atoms with E-state index in [4.69, 9.17) is 5.11 Å². The van der Waals surface area contributed by atoms with Crippen LogP contribution < -0.4 is 5.32 Å². The van der Waals surface area contributed by atoms with E-state index in [1.165, 1.54) is 4.90 Å². The smallest absolute Gasteiger partial charge is 0.323 e. The molecule has 2 saturated carbocycles. The van der Waals surface area contributed by atoms with Gasteiger partial charge in [0, 0.05) is 12.1 Å². The van der Waals surface area contributed by atoms with Crippen molar-refractivity contribution in [3.05, 3.63) is 0 Å². The third-order valence-electron chi connectivity index (χ3n) is 4.61. The second-order valence-electron chi connectivity index (χ2n) is 5.91. The molecule has 5 nitrogen and oxygen atoms in total. The monoisotopic (exact) mass is 268 g/mol. The van der Waals surface area contributed by atoms with Crippen LogP contribution in [0.1, 0.15) is 46.0 Å². The Morgan fingerprint density at radius 1 is 1.26 bits per heavy atom. The lowest BCUT2D eigenvalue weighted by molar-refractivity contribution is -0.137. The van der Waals surface area contributed by atoms with E-state index in [9.17, 15) is 9.59 Å². The van der Waals surface area contributed by atoms with Gasteiger partial charge in [-0.3, -0.25) is 4.79 Å². The lowest BCUT2D eigenvalue weighted by Crippen LogP contribution is -2.48. The highest BCUT2D eigenvalue weighted by Crippen LogP contribution is 2.34. The van der Waals surface area contributed by atoms with Gasteiger partial charge in [-0.25, -0.2) is 4.79 Å². The number of nitrogens with one attached hydrogen (secondary N) is 1. The average Bonchev–Trinajstić information content (AvgIpc) is 3.13. The molecule has 5 heteroatoms. The number of hydrogen-bond acceptors (Lipinski definition) is 2. The van der Waals surface area contributed by atoms with Crippen molar-refractivity contribution in [2.75, 3.05) is 6.54 Å². The fourth-order valence-electron chi connectivity index (χ4n) is 3.17. The van der Waals surface area contributed by atoms with Crippen LogP contribution in [-0.2, 0) is 4.79 Å². The fraction of sp³-hybridized carbons (Fsp3) is 0.857. The normalized spacial score (nSPS) is 30.1. The molecule has 2 aliphatic carbocycles. The van der Waals surface area contributed by atoms with Crippen molar-refractivity contribution in [2.24, 2.45) is 11.8 Å². The van der Waals surface area contributed by atoms with Crippen LogP contribution in [0.2, 0.25) is 0 Å². The number of carbonyl (C=O) groups excluding carboxylic acids is 1. The second kappa shape index (κ2) is 5.80. The molecule has 2 N–H and O–H groups in total. The summed E-state index contributed by atoms with van der Waals surface area (Å²) in [4.78, 5) is 24.5. The molecule has 108 valence electrons. The van der Waals surface area contributed by atoms with Gasteiger partial charge < -0.3 is 15.3 Å². The summed E-state index contributed by atoms with van der Waals surface area (Å²) in [6.07, 6.45) is 5.17. The molecular formula is C14H24N2O3. The first-order chi connectivity index (χ1) is 9.02. The van der Waals surface area contributed by atoms with Gasteiger partial charge in [-0.15, -0.1) is 0 Å². The average molecular weight is 268 g/mol. The number of urea groups is 1. The van der Waals surface area contributed by atoms with E-state index in [0.29, 0.717) is 11.8 Å². The summed E-state index contributed by atoms with van der Waals surface area (Å²) in [6.45, 7) is 4.19. The number of nitrogens with zero attached hydrogens (tertiary/aromatic N) is 1. The third kappa shape index (κ3) is 3.39. The van der Waals surface area contributed by atoms with E-state index in [0.717, 1.165) is 32.1 Å². The molecule has 2 amide bonds. The van der Waals surface area contributed by atoms with Crippen molar-refractivity contribution in [2.45, 2.75) is 58.0 Å². The van der Waals surface area contributed by atoms with Crippen LogP contribution in [0.25, 0.3) is 0 Å². The van der Waals surface area contributed by atoms with Crippen molar-refractivity contribution >= 4 is 12.0 Å². The number of hydrogen-bond donors (Lipinski definition) is 2. The summed E-state index contributed by atoms with van der Waals surface area (Å²) >= 11 is 0. The summed E-state index contributed by atoms with van der Waals surface area (Å²) in [5, 5.41) is 11.9. The predicted octanol–water partition coefficient (Wildman–Crippen LogP) is 2.07. The number of rotatable bonds is 5. The van der Waals surface area contributed by atoms with E-state index in [1.807, 2.05) is 0 Å². The molecule has 0 aromatic heterocycles. The minimum absolute atomic E-state index is 0.134. The molecule has 0 bridgehead atoms. The maximum atomic E-state index is 12.2. The van der Waals surface area contributed by atoms with E-state index < -0.39 is 5.97 Å². The zero-order chi connectivity index (χ0) is 14.0. The standard InChI is InChI=1S/C14H24N2O3/c1-3-10-4-7-12(9(10)2)15-14(19)16(8-13(17)18)11-5-6-11/h9-12H,3-8H2,1-2H3,(H,15,19)(H,17,18). The quantitative estimate of drug-likeness (QED) is 0.802. The van der Waals surface area contributed by atoms with Crippen LogP contribution in [0.3, 0.4) is 0 Å². The first kappa shape index (κ1) is 14.2. The second-order valence-corrected chi connectivity index (χ2v) is 5.91. The number of carboxylic acids is 1. The van der Waals surface area contributed by atoms with Crippen molar-refractivity contribution in [1.29, 1.82) is 0 Å². The van der Waals surface area contributed by atoms with Gasteiger partial charge >= 0.3 is 12.0 Å². The van der Waals surface area contributed by atoms with Crippen LogP contribution in [0, 0.1) is 11.8 Å². The number of carbonyl (C=O) groups is 2. The molecule has 2 rings (SSSR count). The summed E-state index contributed by atoms with van der Waals surface area (Å²) in [5.74, 6) is 0.229. The summed E-state index contributed by atoms with van der Waals surface area (Å²) in [6, 6.07) is 0.140. The Morgan fingerprint density at radius 2 is 1.95 bits per heavy atom. The Kier molecular flexibility index (Phi) is 4.32. The zero-order valence-corrected chi connectivity index (χ0v) is 11.8. The van der Waals surface area contributed by atoms with Crippen LogP contribution in [-0.4, -0.2) is 40.6 Å². The van der Waals surface area contributed by atoms with Gasteiger partial charge in [0.1, 0.15) is 6.54 Å². The molecule has 0 aromatic carbocycles. The van der Waals surface area contributed by atoms with Crippen molar-refractivity contribution in [3.63, 3.8) is 0 Å². The van der Waals surface area contributed by atoms with E-state index in [-0.39, 0.29) is 24.7 Å². The topological polar surface area (TPSA) is 69.6 Å². The maximum absolute atomic E-state index is 12.2. The maximum Gasteiger partial charge on any atom is 0.323 e. The van der Waals surface area contributed by atoms with Crippen molar-refractivity contribution < 1.29 is 14.7 Å². The minimum Gasteiger partial charge on any atom is -0.480 e. The van der Waals surface area contributed by atoms with Crippen LogP contribution in [0.5, 0.6) is 0 Å². The first-order valence-corrected chi connectivity index (χ1v) is 7.31. The van der Waals surface area contributed by atoms with Gasteiger partial charge in [-0.2, -0.15) is 0 Å². The lowest BCUT2D eigenvalue weighted by Gasteiger charge is -2.26. The molecule has 3 atom stereocenters. The molecule has 3 unspecified atom stereocenters. The summed E-state index contributed by atoms with van der Waals surface area (Å²) < 4.78 is 0. The first-order valence-electron chi connectivity index (χ1n) is 7.31. The van der Waals surface area contributed by atoms with Gasteiger partial charge in [0.25, 0.3) is 0 Å². The highest BCUT2D eigenvalue weighted by atomic mass is 16.4. The van der Waals surface area contributed by atoms with Gasteiger partial charge in [0.15, 0.2) is 0 Å². The minimum atomic E-state index is -0.937. The molecule has 0 aromatic rings. The number of amides is 2. The molecular weight excluding hydrogens is 244 g/mol. The SMILES string of the molecule is CCC1CCC(NC(=O)N(CC(=O)O)C2CC2)C1C. The van der Waals surface area contributed by atoms with Crippen molar-refractivity contribution in [1.82, 2.24) is 10.2 Å². The zero-order valence-electron chi connectivity index (χ0n) is 11.8. The fourth-order valence-corrected chi connectivity index (χ4v) is 3.17. The molecule has 2 fully saturated rings. The molecule has 0 spiro atoms. The van der Waals surface area contributed by atoms with E-state index >= 15 is 0 Å². The predicted molar refractivity (Wildman–Crippen MR) is 71.9 cm³/mol. The molecule has 19 heavy (non-hydrogen) atoms. The summed E-state index contributed by atoms with van der Waals surface area (Å²) in [7, 11) is 0. The van der Waals surface area contributed by atoms with Gasteiger partial charge in [-0.05, 0) is 37.5 Å². The van der Waals surface area contributed by atoms with Crippen LogP contribution in [0.4, 0.5) is 4.79 Å². The Bertz CT molecular complexity index is 355.